The molecule has 0 aromatic heterocycles. The summed E-state index contributed by atoms with van der Waals surface area (Å²) in [6.45, 7) is 3.75. The molecule has 3 N–H and O–H groups in total. The summed E-state index contributed by atoms with van der Waals surface area (Å²) in [7, 11) is 1.72. The number of nitrogens with zero attached hydrogens (tertiary/aromatic N) is 1. The number of carbonyl (C=O) groups is 1. The zero-order valence-corrected chi connectivity index (χ0v) is 13.2. The molecular formula is C15H24ClN3O2. The molecule has 1 amide bonds. The Kier molecular flexibility index (Phi) is 7.50. The van der Waals surface area contributed by atoms with Gasteiger partial charge < -0.3 is 20.7 Å². The van der Waals surface area contributed by atoms with Crippen LogP contribution < -0.4 is 11.1 Å². The second-order valence-corrected chi connectivity index (χ2v) is 5.20. The minimum Gasteiger partial charge on any atom is -0.399 e. The van der Waals surface area contributed by atoms with Crippen LogP contribution in [-0.4, -0.2) is 50.2 Å². The Labute approximate surface area is 132 Å². The predicted molar refractivity (Wildman–Crippen MR) is 86.9 cm³/mol. The molecule has 0 unspecified atom stereocenters. The van der Waals surface area contributed by atoms with Crippen molar-refractivity contribution in [3.05, 3.63) is 29.8 Å². The van der Waals surface area contributed by atoms with Crippen LogP contribution in [0.4, 0.5) is 5.69 Å². The second kappa shape index (κ2) is 8.87. The molecule has 0 spiro atoms. The van der Waals surface area contributed by atoms with Crippen LogP contribution in [0.25, 0.3) is 0 Å². The van der Waals surface area contributed by atoms with E-state index in [0.29, 0.717) is 11.3 Å². The van der Waals surface area contributed by atoms with Gasteiger partial charge in [0.25, 0.3) is 5.91 Å². The topological polar surface area (TPSA) is 67.6 Å². The van der Waals surface area contributed by atoms with Crippen LogP contribution in [0.1, 0.15) is 23.2 Å². The summed E-state index contributed by atoms with van der Waals surface area (Å²) in [6, 6.07) is 7.29. The number of methoxy groups -OCH3 is 1. The number of hydrogen-bond donors (Lipinski definition) is 2. The van der Waals surface area contributed by atoms with Crippen LogP contribution in [0.5, 0.6) is 0 Å². The molecule has 0 saturated carbocycles. The zero-order chi connectivity index (χ0) is 14.4. The molecule has 118 valence electrons. The highest BCUT2D eigenvalue weighted by atomic mass is 35.5. The molecule has 0 radical (unpaired) electrons. The summed E-state index contributed by atoms with van der Waals surface area (Å²) in [5.41, 5.74) is 6.96. The standard InChI is InChI=1S/C15H23N3O2.ClH/c1-20-11-10-18-8-6-14(7-9-18)17-15(19)12-2-4-13(16)5-3-12;/h2-5,14H,6-11,16H2,1H3,(H,17,19);1H. The van der Waals surface area contributed by atoms with E-state index in [1.54, 1.807) is 31.4 Å². The zero-order valence-electron chi connectivity index (χ0n) is 12.4. The maximum atomic E-state index is 12.1. The van der Waals surface area contributed by atoms with Crippen molar-refractivity contribution in [1.82, 2.24) is 10.2 Å². The number of ether oxygens (including phenoxy) is 1. The number of piperidine rings is 1. The van der Waals surface area contributed by atoms with Gasteiger partial charge in [-0.25, -0.2) is 0 Å². The Morgan fingerprint density at radius 1 is 1.33 bits per heavy atom. The number of nitrogen functional groups attached to an aromatic ring is 1. The first-order chi connectivity index (χ1) is 9.69. The molecule has 0 aliphatic carbocycles. The highest BCUT2D eigenvalue weighted by Gasteiger charge is 2.20. The Morgan fingerprint density at radius 2 is 1.95 bits per heavy atom. The van der Waals surface area contributed by atoms with Crippen molar-refractivity contribution in [3.8, 4) is 0 Å². The first-order valence-electron chi connectivity index (χ1n) is 7.06. The summed E-state index contributed by atoms with van der Waals surface area (Å²) in [6.07, 6.45) is 1.98. The van der Waals surface area contributed by atoms with Gasteiger partial charge in [0.2, 0.25) is 0 Å². The summed E-state index contributed by atoms with van der Waals surface area (Å²) in [5, 5.41) is 3.09. The number of benzene rings is 1. The van der Waals surface area contributed by atoms with Gasteiger partial charge in [-0.15, -0.1) is 12.4 Å². The third kappa shape index (κ3) is 5.53. The van der Waals surface area contributed by atoms with Gasteiger partial charge in [0, 0.05) is 44.0 Å². The van der Waals surface area contributed by atoms with Crippen LogP contribution in [0.15, 0.2) is 24.3 Å². The van der Waals surface area contributed by atoms with Crippen LogP contribution in [0.2, 0.25) is 0 Å². The van der Waals surface area contributed by atoms with Crippen LogP contribution in [0.3, 0.4) is 0 Å². The number of amides is 1. The molecule has 1 aromatic carbocycles. The van der Waals surface area contributed by atoms with E-state index in [2.05, 4.69) is 10.2 Å². The van der Waals surface area contributed by atoms with E-state index in [-0.39, 0.29) is 24.4 Å². The molecule has 21 heavy (non-hydrogen) atoms. The first kappa shape index (κ1) is 17.8. The van der Waals surface area contributed by atoms with Crippen LogP contribution >= 0.6 is 12.4 Å². The lowest BCUT2D eigenvalue weighted by molar-refractivity contribution is 0.0893. The quantitative estimate of drug-likeness (QED) is 0.809. The van der Waals surface area contributed by atoms with Crippen molar-refractivity contribution in [2.75, 3.05) is 39.1 Å². The number of nitrogens with two attached hydrogens (primary N) is 1. The molecular weight excluding hydrogens is 290 g/mol. The molecule has 1 heterocycles. The van der Waals surface area contributed by atoms with Gasteiger partial charge >= 0.3 is 0 Å². The van der Waals surface area contributed by atoms with Crippen molar-refractivity contribution in [2.24, 2.45) is 0 Å². The van der Waals surface area contributed by atoms with E-state index in [1.807, 2.05) is 0 Å². The third-order valence-corrected chi connectivity index (χ3v) is 3.71. The summed E-state index contributed by atoms with van der Waals surface area (Å²) in [5.74, 6) is -0.0136. The molecule has 1 fully saturated rings. The average molecular weight is 314 g/mol. The van der Waals surface area contributed by atoms with Crippen molar-refractivity contribution in [2.45, 2.75) is 18.9 Å². The fourth-order valence-electron chi connectivity index (χ4n) is 2.42. The number of hydrogen-bond acceptors (Lipinski definition) is 4. The van der Waals surface area contributed by atoms with Gasteiger partial charge in [0.15, 0.2) is 0 Å². The van der Waals surface area contributed by atoms with E-state index in [1.165, 1.54) is 0 Å². The van der Waals surface area contributed by atoms with Crippen LogP contribution in [0, 0.1) is 0 Å². The van der Waals surface area contributed by atoms with Crippen molar-refractivity contribution < 1.29 is 9.53 Å². The average Bonchev–Trinajstić information content (AvgIpc) is 2.47. The largest absolute Gasteiger partial charge is 0.399 e. The SMILES string of the molecule is COCCN1CCC(NC(=O)c2ccc(N)cc2)CC1.Cl. The van der Waals surface area contributed by atoms with E-state index < -0.39 is 0 Å². The third-order valence-electron chi connectivity index (χ3n) is 3.71. The normalized spacial score (nSPS) is 16.2. The lowest BCUT2D eigenvalue weighted by atomic mass is 10.0. The molecule has 0 atom stereocenters. The summed E-state index contributed by atoms with van der Waals surface area (Å²) in [4.78, 5) is 14.5. The van der Waals surface area contributed by atoms with Gasteiger partial charge in [0.05, 0.1) is 6.61 Å². The molecule has 5 nitrogen and oxygen atoms in total. The lowest BCUT2D eigenvalue weighted by Gasteiger charge is -2.32. The molecule has 6 heteroatoms. The first-order valence-corrected chi connectivity index (χ1v) is 7.06. The van der Waals surface area contributed by atoms with E-state index in [4.69, 9.17) is 10.5 Å². The minimum atomic E-state index is -0.0136. The molecule has 1 aromatic rings. The van der Waals surface area contributed by atoms with Crippen LogP contribution in [-0.2, 0) is 4.74 Å². The molecule has 1 aliphatic rings. The number of carbonyl (C=O) groups excluding carboxylic acids is 1. The monoisotopic (exact) mass is 313 g/mol. The number of likely N-dealkylation sites (tertiary alicyclic amines) is 1. The second-order valence-electron chi connectivity index (χ2n) is 5.20. The van der Waals surface area contributed by atoms with E-state index in [9.17, 15) is 4.79 Å². The Bertz CT molecular complexity index is 431. The van der Waals surface area contributed by atoms with E-state index >= 15 is 0 Å². The predicted octanol–water partition coefficient (Wildman–Crippen LogP) is 1.53. The smallest absolute Gasteiger partial charge is 0.251 e. The Balaban J connectivity index is 0.00000220. The van der Waals surface area contributed by atoms with Gasteiger partial charge in [-0.3, -0.25) is 4.79 Å². The fourth-order valence-corrected chi connectivity index (χ4v) is 2.42. The van der Waals surface area contributed by atoms with E-state index in [0.717, 1.165) is 39.1 Å². The summed E-state index contributed by atoms with van der Waals surface area (Å²) >= 11 is 0. The van der Waals surface area contributed by atoms with Gasteiger partial charge in [-0.1, -0.05) is 0 Å². The minimum absolute atomic E-state index is 0. The van der Waals surface area contributed by atoms with Gasteiger partial charge in [-0.2, -0.15) is 0 Å². The Morgan fingerprint density at radius 3 is 2.52 bits per heavy atom. The van der Waals surface area contributed by atoms with Crippen molar-refractivity contribution in [3.63, 3.8) is 0 Å². The number of nitrogens with one attached hydrogen (secondary N) is 1. The molecule has 1 saturated heterocycles. The number of rotatable bonds is 5. The number of halogens is 1. The fraction of sp³-hybridized carbons (Fsp3) is 0.533. The van der Waals surface area contributed by atoms with Crippen molar-refractivity contribution >= 4 is 24.0 Å². The van der Waals surface area contributed by atoms with Crippen molar-refractivity contribution in [1.29, 1.82) is 0 Å². The maximum absolute atomic E-state index is 12.1. The molecule has 0 bridgehead atoms. The van der Waals surface area contributed by atoms with Gasteiger partial charge in [0.1, 0.15) is 0 Å². The highest BCUT2D eigenvalue weighted by Crippen LogP contribution is 2.12. The highest BCUT2D eigenvalue weighted by molar-refractivity contribution is 5.94. The van der Waals surface area contributed by atoms with Gasteiger partial charge in [-0.05, 0) is 37.1 Å². The number of anilines is 1. The summed E-state index contributed by atoms with van der Waals surface area (Å²) < 4.78 is 5.08. The Hall–Kier alpha value is -1.30. The lowest BCUT2D eigenvalue weighted by Crippen LogP contribution is -2.45. The maximum Gasteiger partial charge on any atom is 0.251 e. The molecule has 2 rings (SSSR count). The molecule has 1 aliphatic heterocycles.